The number of aryl methyl sites for hydroxylation is 1. The highest BCUT2D eigenvalue weighted by molar-refractivity contribution is 5.73. The Morgan fingerprint density at radius 1 is 2.08 bits per heavy atom. The van der Waals surface area contributed by atoms with E-state index in [9.17, 15) is 4.79 Å². The van der Waals surface area contributed by atoms with Gasteiger partial charge in [-0.3, -0.25) is 4.79 Å². The smallest absolute Gasteiger partial charge is 0.320 e. The SMILES string of the molecule is [2H]c1ncn(C)c1C[C@H](N)C(=O)O. The maximum absolute atomic E-state index is 10.4. The van der Waals surface area contributed by atoms with Crippen molar-refractivity contribution in [3.8, 4) is 0 Å². The second-order valence-electron chi connectivity index (χ2n) is 2.56. The van der Waals surface area contributed by atoms with Crippen LogP contribution in [0.15, 0.2) is 12.5 Å². The number of aromatic nitrogens is 2. The molecular weight excluding hydrogens is 158 g/mol. The summed E-state index contributed by atoms with van der Waals surface area (Å²) in [6.07, 6.45) is 1.68. The molecule has 3 N–H and O–H groups in total. The molecule has 12 heavy (non-hydrogen) atoms. The standard InChI is InChI=1S/C7H11N3O2/c1-10-4-9-3-5(10)2-6(8)7(11)12/h3-4,6H,2,8H2,1H3,(H,11,12)/t6-/m0/s1/i3D. The van der Waals surface area contributed by atoms with Crippen molar-refractivity contribution in [2.24, 2.45) is 12.8 Å². The quantitative estimate of drug-likeness (QED) is 0.633. The number of hydrogen-bond donors (Lipinski definition) is 2. The molecule has 0 aromatic carbocycles. The zero-order valence-corrected chi connectivity index (χ0v) is 6.69. The fraction of sp³-hybridized carbons (Fsp3) is 0.429. The molecule has 0 fully saturated rings. The number of imidazole rings is 1. The molecule has 1 rings (SSSR count). The molecular formula is C7H11N3O2. The number of carbonyl (C=O) groups is 1. The van der Waals surface area contributed by atoms with Crippen LogP contribution in [0.5, 0.6) is 0 Å². The van der Waals surface area contributed by atoms with Crippen molar-refractivity contribution >= 4 is 5.97 Å². The van der Waals surface area contributed by atoms with Gasteiger partial charge in [-0.05, 0) is 0 Å². The molecule has 0 aliphatic carbocycles. The van der Waals surface area contributed by atoms with Crippen LogP contribution in [0.25, 0.3) is 0 Å². The summed E-state index contributed by atoms with van der Waals surface area (Å²) in [5.41, 5.74) is 5.86. The molecule has 66 valence electrons. The Bertz CT molecular complexity index is 304. The predicted molar refractivity (Wildman–Crippen MR) is 42.5 cm³/mol. The van der Waals surface area contributed by atoms with E-state index in [0.717, 1.165) is 0 Å². The summed E-state index contributed by atoms with van der Waals surface area (Å²) >= 11 is 0. The Hall–Kier alpha value is -1.36. The van der Waals surface area contributed by atoms with Crippen molar-refractivity contribution in [1.82, 2.24) is 9.55 Å². The average Bonchev–Trinajstić information content (AvgIpc) is 2.35. The number of carboxylic acids is 1. The lowest BCUT2D eigenvalue weighted by Gasteiger charge is -2.05. The van der Waals surface area contributed by atoms with E-state index in [1.165, 1.54) is 6.33 Å². The molecule has 1 atom stereocenters. The lowest BCUT2D eigenvalue weighted by Crippen LogP contribution is -2.32. The van der Waals surface area contributed by atoms with E-state index in [-0.39, 0.29) is 12.6 Å². The number of rotatable bonds is 3. The molecule has 1 aromatic rings. The molecule has 0 saturated heterocycles. The third-order valence-electron chi connectivity index (χ3n) is 1.58. The highest BCUT2D eigenvalue weighted by Gasteiger charge is 2.13. The van der Waals surface area contributed by atoms with E-state index >= 15 is 0 Å². The number of hydrogen-bond acceptors (Lipinski definition) is 3. The summed E-state index contributed by atoms with van der Waals surface area (Å²) in [7, 11) is 1.70. The van der Waals surface area contributed by atoms with Crippen LogP contribution in [-0.4, -0.2) is 26.7 Å². The van der Waals surface area contributed by atoms with E-state index in [0.29, 0.717) is 5.69 Å². The average molecular weight is 170 g/mol. The third-order valence-corrected chi connectivity index (χ3v) is 1.58. The Morgan fingerprint density at radius 3 is 3.17 bits per heavy atom. The number of nitrogens with two attached hydrogens (primary N) is 1. The zero-order chi connectivity index (χ0) is 10.0. The van der Waals surface area contributed by atoms with Crippen LogP contribution in [-0.2, 0) is 18.3 Å². The molecule has 0 aliphatic rings. The maximum atomic E-state index is 10.4. The summed E-state index contributed by atoms with van der Waals surface area (Å²) < 4.78 is 8.95. The molecule has 0 aliphatic heterocycles. The largest absolute Gasteiger partial charge is 0.480 e. The fourth-order valence-electron chi connectivity index (χ4n) is 0.824. The predicted octanol–water partition coefficient (Wildman–Crippen LogP) is -0.626. The minimum Gasteiger partial charge on any atom is -0.480 e. The van der Waals surface area contributed by atoms with Gasteiger partial charge < -0.3 is 15.4 Å². The summed E-state index contributed by atoms with van der Waals surface area (Å²) in [5, 5.41) is 8.55. The topological polar surface area (TPSA) is 81.1 Å². The Morgan fingerprint density at radius 2 is 2.75 bits per heavy atom. The van der Waals surface area contributed by atoms with Crippen LogP contribution in [0.3, 0.4) is 0 Å². The Kier molecular flexibility index (Phi) is 2.04. The van der Waals surface area contributed by atoms with Crippen LogP contribution in [0.1, 0.15) is 7.06 Å². The van der Waals surface area contributed by atoms with Crippen LogP contribution in [0.4, 0.5) is 0 Å². The van der Waals surface area contributed by atoms with Crippen LogP contribution in [0.2, 0.25) is 0 Å². The van der Waals surface area contributed by atoms with Gasteiger partial charge in [0.25, 0.3) is 0 Å². The molecule has 0 saturated carbocycles. The first kappa shape index (κ1) is 7.30. The lowest BCUT2D eigenvalue weighted by molar-refractivity contribution is -0.138. The van der Waals surface area contributed by atoms with Crippen molar-refractivity contribution in [1.29, 1.82) is 0 Å². The Labute approximate surface area is 71.2 Å². The third kappa shape index (κ3) is 1.82. The van der Waals surface area contributed by atoms with Gasteiger partial charge >= 0.3 is 5.97 Å². The van der Waals surface area contributed by atoms with Crippen molar-refractivity contribution in [2.75, 3.05) is 0 Å². The first-order chi connectivity index (χ1) is 6.02. The van der Waals surface area contributed by atoms with Crippen molar-refractivity contribution in [3.05, 3.63) is 18.2 Å². The van der Waals surface area contributed by atoms with Crippen LogP contribution < -0.4 is 5.73 Å². The number of nitrogens with zero attached hydrogens (tertiary/aromatic N) is 2. The monoisotopic (exact) mass is 170 g/mol. The highest BCUT2D eigenvalue weighted by Crippen LogP contribution is 1.99. The van der Waals surface area contributed by atoms with E-state index < -0.39 is 12.0 Å². The van der Waals surface area contributed by atoms with Gasteiger partial charge in [-0.15, -0.1) is 0 Å². The van der Waals surface area contributed by atoms with Gasteiger partial charge in [0.05, 0.1) is 7.70 Å². The first-order valence-corrected chi connectivity index (χ1v) is 3.47. The number of carboxylic acid groups (broad SMARTS) is 1. The maximum Gasteiger partial charge on any atom is 0.320 e. The summed E-state index contributed by atoms with van der Waals surface area (Å²) in [4.78, 5) is 14.1. The zero-order valence-electron chi connectivity index (χ0n) is 7.69. The number of aliphatic carboxylic acids is 1. The van der Waals surface area contributed by atoms with Crippen molar-refractivity contribution in [3.63, 3.8) is 0 Å². The van der Waals surface area contributed by atoms with E-state index in [1.807, 2.05) is 0 Å². The van der Waals surface area contributed by atoms with Gasteiger partial charge in [0.1, 0.15) is 6.04 Å². The van der Waals surface area contributed by atoms with Crippen LogP contribution in [0, 0.1) is 0 Å². The minimum absolute atomic E-state index is 0.0826. The van der Waals surface area contributed by atoms with Gasteiger partial charge in [-0.2, -0.15) is 0 Å². The molecule has 0 amide bonds. The van der Waals surface area contributed by atoms with Crippen LogP contribution >= 0.6 is 0 Å². The first-order valence-electron chi connectivity index (χ1n) is 3.97. The fourth-order valence-corrected chi connectivity index (χ4v) is 0.824. The molecule has 0 radical (unpaired) electrons. The molecule has 0 spiro atoms. The summed E-state index contributed by atoms with van der Waals surface area (Å²) in [5.74, 6) is -1.07. The van der Waals surface area contributed by atoms with Gasteiger partial charge in [0.15, 0.2) is 0 Å². The molecule has 1 heterocycles. The molecule has 0 bridgehead atoms. The lowest BCUT2D eigenvalue weighted by atomic mass is 10.2. The van der Waals surface area contributed by atoms with E-state index in [4.69, 9.17) is 12.2 Å². The Balaban J connectivity index is 2.79. The second-order valence-corrected chi connectivity index (χ2v) is 2.56. The summed E-state index contributed by atoms with van der Waals surface area (Å²) in [6.45, 7) is 0. The second kappa shape index (κ2) is 3.36. The highest BCUT2D eigenvalue weighted by atomic mass is 16.4. The molecule has 1 aromatic heterocycles. The van der Waals surface area contributed by atoms with Gasteiger partial charge in [0, 0.05) is 25.3 Å². The minimum atomic E-state index is -1.07. The summed E-state index contributed by atoms with van der Waals surface area (Å²) in [6, 6.07) is -0.973. The van der Waals surface area contributed by atoms with Crippen molar-refractivity contribution < 1.29 is 11.3 Å². The molecule has 5 nitrogen and oxygen atoms in total. The molecule has 5 heteroatoms. The van der Waals surface area contributed by atoms with Gasteiger partial charge in [-0.25, -0.2) is 4.98 Å². The van der Waals surface area contributed by atoms with E-state index in [1.54, 1.807) is 11.6 Å². The van der Waals surface area contributed by atoms with Crippen molar-refractivity contribution in [2.45, 2.75) is 12.5 Å². The van der Waals surface area contributed by atoms with Gasteiger partial charge in [-0.1, -0.05) is 0 Å². The van der Waals surface area contributed by atoms with E-state index in [2.05, 4.69) is 4.98 Å². The molecule has 0 unspecified atom stereocenters. The van der Waals surface area contributed by atoms with Gasteiger partial charge in [0.2, 0.25) is 0 Å². The normalized spacial score (nSPS) is 14.0.